The maximum atomic E-state index is 11.1. The van der Waals surface area contributed by atoms with E-state index in [-0.39, 0.29) is 12.7 Å². The molecule has 1 aliphatic rings. The summed E-state index contributed by atoms with van der Waals surface area (Å²) in [6.07, 6.45) is 0.145. The fourth-order valence-electron chi connectivity index (χ4n) is 2.75. The molecule has 0 bridgehead atoms. The fourth-order valence-corrected chi connectivity index (χ4v) is 3.14. The lowest BCUT2D eigenvalue weighted by molar-refractivity contribution is -0.128. The molecule has 128 valence electrons. The summed E-state index contributed by atoms with van der Waals surface area (Å²) in [5, 5.41) is 0. The minimum absolute atomic E-state index is 0.0918. The van der Waals surface area contributed by atoms with Crippen molar-refractivity contribution >= 4 is 7.60 Å². The van der Waals surface area contributed by atoms with Crippen LogP contribution < -0.4 is 0 Å². The Morgan fingerprint density at radius 3 is 2.52 bits per heavy atom. The average molecular weight is 342 g/mol. The molecular formula is C16H23O6P. The van der Waals surface area contributed by atoms with Gasteiger partial charge in [0.1, 0.15) is 17.8 Å². The van der Waals surface area contributed by atoms with Crippen molar-refractivity contribution in [1.29, 1.82) is 0 Å². The van der Waals surface area contributed by atoms with E-state index in [1.807, 2.05) is 44.2 Å². The van der Waals surface area contributed by atoms with Crippen LogP contribution in [-0.4, -0.2) is 41.8 Å². The van der Waals surface area contributed by atoms with Gasteiger partial charge in [0.2, 0.25) is 0 Å². The molecule has 0 saturated carbocycles. The first-order valence-corrected chi connectivity index (χ1v) is 9.09. The van der Waals surface area contributed by atoms with E-state index >= 15 is 0 Å². The fraction of sp³-hybridized carbons (Fsp3) is 0.500. The number of hydrogen-bond acceptors (Lipinski definition) is 4. The molecule has 1 fully saturated rings. The lowest BCUT2D eigenvalue weighted by Gasteiger charge is -2.35. The summed E-state index contributed by atoms with van der Waals surface area (Å²) in [6.45, 7) is 4.03. The van der Waals surface area contributed by atoms with Crippen LogP contribution in [0.3, 0.4) is 0 Å². The van der Waals surface area contributed by atoms with E-state index in [9.17, 15) is 4.57 Å². The molecule has 0 amide bonds. The molecule has 2 N–H and O–H groups in total. The largest absolute Gasteiger partial charge is 0.369 e. The topological polar surface area (TPSA) is 85.2 Å². The lowest BCUT2D eigenvalue weighted by Crippen LogP contribution is -2.45. The second-order valence-electron chi connectivity index (χ2n) is 5.77. The van der Waals surface area contributed by atoms with Gasteiger partial charge in [-0.1, -0.05) is 30.3 Å². The van der Waals surface area contributed by atoms with Gasteiger partial charge < -0.3 is 24.0 Å². The molecule has 0 aliphatic carbocycles. The first-order chi connectivity index (χ1) is 10.8. The summed E-state index contributed by atoms with van der Waals surface area (Å²) < 4.78 is 28.6. The van der Waals surface area contributed by atoms with Crippen molar-refractivity contribution in [2.45, 2.75) is 37.8 Å². The molecule has 0 unspecified atom stereocenters. The van der Waals surface area contributed by atoms with Crippen molar-refractivity contribution in [2.24, 2.45) is 0 Å². The molecule has 1 aromatic carbocycles. The summed E-state index contributed by atoms with van der Waals surface area (Å²) in [5.74, 6) is 0.852. The van der Waals surface area contributed by atoms with Gasteiger partial charge in [-0.05, 0) is 25.5 Å². The molecule has 1 aliphatic heterocycles. The Morgan fingerprint density at radius 2 is 2.00 bits per heavy atom. The maximum Gasteiger partial charge on any atom is 0.348 e. The van der Waals surface area contributed by atoms with Crippen LogP contribution in [0.1, 0.15) is 19.4 Å². The Kier molecular flexibility index (Phi) is 5.79. The number of ether oxygens (including phenoxy) is 3. The minimum atomic E-state index is -4.26. The molecule has 0 radical (unpaired) electrons. The zero-order valence-corrected chi connectivity index (χ0v) is 14.3. The van der Waals surface area contributed by atoms with Crippen molar-refractivity contribution in [2.75, 3.05) is 13.7 Å². The Labute approximate surface area is 136 Å². The predicted octanol–water partition coefficient (Wildman–Crippen LogP) is 2.41. The third-order valence-corrected chi connectivity index (χ3v) is 4.32. The molecule has 23 heavy (non-hydrogen) atoms. The third-order valence-electron chi connectivity index (χ3n) is 3.76. The van der Waals surface area contributed by atoms with Crippen molar-refractivity contribution in [3.8, 4) is 0 Å². The van der Waals surface area contributed by atoms with Crippen LogP contribution in [0, 0.1) is 0 Å². The molecule has 0 aromatic heterocycles. The van der Waals surface area contributed by atoms with Gasteiger partial charge >= 0.3 is 7.60 Å². The monoisotopic (exact) mass is 342 g/mol. The van der Waals surface area contributed by atoms with Gasteiger partial charge in [0.25, 0.3) is 0 Å². The van der Waals surface area contributed by atoms with E-state index in [1.165, 1.54) is 6.08 Å². The summed E-state index contributed by atoms with van der Waals surface area (Å²) in [4.78, 5) is 18.1. The zero-order chi connectivity index (χ0) is 17.1. The average Bonchev–Trinajstić information content (AvgIpc) is 2.84. The molecule has 1 aromatic rings. The van der Waals surface area contributed by atoms with E-state index < -0.39 is 25.4 Å². The number of benzene rings is 1. The second kappa shape index (κ2) is 7.26. The van der Waals surface area contributed by atoms with Crippen LogP contribution >= 0.6 is 7.60 Å². The summed E-state index contributed by atoms with van der Waals surface area (Å²) in [5.41, 5.74) is 0.0790. The van der Waals surface area contributed by atoms with Gasteiger partial charge in [-0.25, -0.2) is 0 Å². The van der Waals surface area contributed by atoms with Crippen LogP contribution in [0.4, 0.5) is 0 Å². The Bertz CT molecular complexity index is 581. The Balaban J connectivity index is 2.38. The van der Waals surface area contributed by atoms with Gasteiger partial charge in [0.15, 0.2) is 0 Å². The third kappa shape index (κ3) is 4.29. The quantitative estimate of drug-likeness (QED) is 0.772. The molecule has 3 atom stereocenters. The maximum absolute atomic E-state index is 11.1. The second-order valence-corrected chi connectivity index (χ2v) is 7.25. The van der Waals surface area contributed by atoms with Crippen LogP contribution in [-0.2, 0) is 24.4 Å². The zero-order valence-electron chi connectivity index (χ0n) is 13.5. The standard InChI is InChI=1S/C16H23O6P/c1-12(2)22-15-14(9-10-23(17,18)19)21-11-16(15,20-3)13-7-5-4-6-8-13/h4-10,12,14-15H,11H2,1-3H3,(H2,17,18,19)/b10-9+/t14-,15-,16+/m1/s1. The Hall–Kier alpha value is -1.01. The number of methoxy groups -OCH3 is 1. The van der Waals surface area contributed by atoms with E-state index in [0.717, 1.165) is 11.4 Å². The first-order valence-electron chi connectivity index (χ1n) is 7.41. The van der Waals surface area contributed by atoms with Gasteiger partial charge in [0.05, 0.1) is 12.7 Å². The molecule has 7 heteroatoms. The van der Waals surface area contributed by atoms with Crippen LogP contribution in [0.5, 0.6) is 0 Å². The molecule has 0 spiro atoms. The molecule has 2 rings (SSSR count). The molecule has 1 heterocycles. The van der Waals surface area contributed by atoms with Crippen molar-refractivity contribution < 1.29 is 28.6 Å². The number of rotatable bonds is 6. The highest BCUT2D eigenvalue weighted by Crippen LogP contribution is 2.42. The predicted molar refractivity (Wildman–Crippen MR) is 86.1 cm³/mol. The molecular weight excluding hydrogens is 319 g/mol. The van der Waals surface area contributed by atoms with E-state index in [0.29, 0.717) is 0 Å². The van der Waals surface area contributed by atoms with Crippen LogP contribution in [0.25, 0.3) is 0 Å². The lowest BCUT2D eigenvalue weighted by atomic mass is 9.87. The van der Waals surface area contributed by atoms with Crippen LogP contribution in [0.2, 0.25) is 0 Å². The molecule has 1 saturated heterocycles. The van der Waals surface area contributed by atoms with Gasteiger partial charge in [-0.2, -0.15) is 0 Å². The van der Waals surface area contributed by atoms with Crippen LogP contribution in [0.15, 0.2) is 42.2 Å². The van der Waals surface area contributed by atoms with E-state index in [2.05, 4.69) is 0 Å². The summed E-state index contributed by atoms with van der Waals surface area (Å²) in [6, 6.07) is 9.58. The van der Waals surface area contributed by atoms with E-state index in [4.69, 9.17) is 24.0 Å². The minimum Gasteiger partial charge on any atom is -0.369 e. The van der Waals surface area contributed by atoms with Crippen molar-refractivity contribution in [3.05, 3.63) is 47.8 Å². The first kappa shape index (κ1) is 18.3. The van der Waals surface area contributed by atoms with Gasteiger partial charge in [-0.3, -0.25) is 4.57 Å². The highest BCUT2D eigenvalue weighted by Gasteiger charge is 2.52. The Morgan fingerprint density at radius 1 is 1.35 bits per heavy atom. The van der Waals surface area contributed by atoms with E-state index in [1.54, 1.807) is 7.11 Å². The van der Waals surface area contributed by atoms with Gasteiger partial charge in [0, 0.05) is 12.9 Å². The summed E-state index contributed by atoms with van der Waals surface area (Å²) in [7, 11) is -2.67. The van der Waals surface area contributed by atoms with Crippen molar-refractivity contribution in [3.63, 3.8) is 0 Å². The normalized spacial score (nSPS) is 28.8. The smallest absolute Gasteiger partial charge is 0.348 e. The van der Waals surface area contributed by atoms with Gasteiger partial charge in [-0.15, -0.1) is 0 Å². The number of hydrogen-bond donors (Lipinski definition) is 2. The summed E-state index contributed by atoms with van der Waals surface area (Å²) >= 11 is 0. The SMILES string of the molecule is CO[C@]1(c2ccccc2)CO[C@H](/C=C/P(=O)(O)O)[C@H]1OC(C)C. The highest BCUT2D eigenvalue weighted by atomic mass is 31.2. The van der Waals surface area contributed by atoms with Crippen molar-refractivity contribution in [1.82, 2.24) is 0 Å². The molecule has 6 nitrogen and oxygen atoms in total. The highest BCUT2D eigenvalue weighted by molar-refractivity contribution is 7.55.